The zero-order valence-corrected chi connectivity index (χ0v) is 20.6. The molecule has 33 heavy (non-hydrogen) atoms. The van der Waals surface area contributed by atoms with Crippen LogP contribution in [0.1, 0.15) is 69.9 Å². The first-order chi connectivity index (χ1) is 15.8. The van der Waals surface area contributed by atoms with E-state index in [4.69, 9.17) is 4.74 Å². The molecule has 2 amide bonds. The molecule has 0 unspecified atom stereocenters. The van der Waals surface area contributed by atoms with Crippen molar-refractivity contribution in [1.29, 1.82) is 0 Å². The molecule has 1 aromatic carbocycles. The van der Waals surface area contributed by atoms with Crippen LogP contribution < -0.4 is 10.6 Å². The third-order valence-electron chi connectivity index (χ3n) is 7.34. The molecule has 2 aliphatic heterocycles. The molecule has 5 nitrogen and oxygen atoms in total. The van der Waals surface area contributed by atoms with E-state index in [1.807, 2.05) is 0 Å². The summed E-state index contributed by atoms with van der Waals surface area (Å²) in [5.41, 5.74) is 2.10. The molecule has 0 radical (unpaired) electrons. The Morgan fingerprint density at radius 3 is 2.64 bits per heavy atom. The summed E-state index contributed by atoms with van der Waals surface area (Å²) in [5, 5.41) is 10.5. The van der Waals surface area contributed by atoms with E-state index in [2.05, 4.69) is 71.6 Å². The lowest BCUT2D eigenvalue weighted by molar-refractivity contribution is -0.123. The highest BCUT2D eigenvalue weighted by atomic mass is 32.1. The van der Waals surface area contributed by atoms with Crippen LogP contribution in [0.2, 0.25) is 0 Å². The second-order valence-corrected chi connectivity index (χ2v) is 11.2. The Balaban J connectivity index is 1.34. The first-order valence-corrected chi connectivity index (χ1v) is 13.0. The van der Waals surface area contributed by atoms with Gasteiger partial charge in [-0.15, -0.1) is 0 Å². The number of ether oxygens (including phenoxy) is 1. The Labute approximate surface area is 201 Å². The summed E-state index contributed by atoms with van der Waals surface area (Å²) in [4.78, 5) is 24.8. The molecular formula is C27H36N2O3S. The minimum atomic E-state index is -0.300. The third kappa shape index (κ3) is 6.04. The van der Waals surface area contributed by atoms with Gasteiger partial charge in [-0.05, 0) is 80.3 Å². The zero-order valence-electron chi connectivity index (χ0n) is 19.8. The maximum atomic E-state index is 12.8. The normalized spacial score (nSPS) is 26.7. The highest BCUT2D eigenvalue weighted by Gasteiger charge is 2.42. The number of carbonyl (C=O) groups is 2. The van der Waals surface area contributed by atoms with E-state index in [1.165, 1.54) is 11.1 Å². The molecule has 2 atom stereocenters. The minimum Gasteiger partial charge on any atom is -0.376 e. The number of benzene rings is 1. The fourth-order valence-electron chi connectivity index (χ4n) is 5.72. The lowest BCUT2D eigenvalue weighted by Crippen LogP contribution is -2.46. The van der Waals surface area contributed by atoms with E-state index in [0.717, 1.165) is 38.7 Å². The fraction of sp³-hybridized carbons (Fsp3) is 0.556. The Kier molecular flexibility index (Phi) is 7.25. The molecule has 2 fully saturated rings. The highest BCUT2D eigenvalue weighted by Crippen LogP contribution is 2.43. The number of hydrogen-bond acceptors (Lipinski definition) is 4. The minimum absolute atomic E-state index is 0.00981. The molecule has 2 saturated heterocycles. The lowest BCUT2D eigenvalue weighted by atomic mass is 9.67. The van der Waals surface area contributed by atoms with Crippen LogP contribution in [-0.2, 0) is 26.2 Å². The number of carbonyl (C=O) groups excluding carboxylic acids is 2. The summed E-state index contributed by atoms with van der Waals surface area (Å²) < 4.78 is 6.01. The van der Waals surface area contributed by atoms with Gasteiger partial charge in [0.05, 0.1) is 5.60 Å². The van der Waals surface area contributed by atoms with Gasteiger partial charge in [0.15, 0.2) is 0 Å². The van der Waals surface area contributed by atoms with E-state index >= 15 is 0 Å². The SMILES string of the molecule is CC1(C)C[C@@](CCNC(=O)CC[C@@]2(Cc3ccsc3)CCC(=O)N2)(c2ccccc2)CCO1. The van der Waals surface area contributed by atoms with Gasteiger partial charge < -0.3 is 15.4 Å². The summed E-state index contributed by atoms with van der Waals surface area (Å²) in [6, 6.07) is 12.8. The molecule has 3 heterocycles. The van der Waals surface area contributed by atoms with Crippen molar-refractivity contribution < 1.29 is 14.3 Å². The van der Waals surface area contributed by atoms with Crippen molar-refractivity contribution >= 4 is 23.2 Å². The number of nitrogens with one attached hydrogen (secondary N) is 2. The van der Waals surface area contributed by atoms with Gasteiger partial charge in [-0.3, -0.25) is 9.59 Å². The smallest absolute Gasteiger partial charge is 0.220 e. The van der Waals surface area contributed by atoms with Crippen molar-refractivity contribution in [2.45, 2.75) is 81.8 Å². The lowest BCUT2D eigenvalue weighted by Gasteiger charge is -2.45. The molecule has 2 N–H and O–H groups in total. The first-order valence-electron chi connectivity index (χ1n) is 12.1. The predicted molar refractivity (Wildman–Crippen MR) is 132 cm³/mol. The van der Waals surface area contributed by atoms with Crippen molar-refractivity contribution in [2.75, 3.05) is 13.2 Å². The number of amides is 2. The molecule has 0 bridgehead atoms. The van der Waals surface area contributed by atoms with E-state index in [0.29, 0.717) is 25.8 Å². The first kappa shape index (κ1) is 24.0. The average Bonchev–Trinajstić information content (AvgIpc) is 3.42. The summed E-state index contributed by atoms with van der Waals surface area (Å²) >= 11 is 1.67. The largest absolute Gasteiger partial charge is 0.376 e. The Morgan fingerprint density at radius 1 is 1.15 bits per heavy atom. The maximum Gasteiger partial charge on any atom is 0.220 e. The second-order valence-electron chi connectivity index (χ2n) is 10.4. The van der Waals surface area contributed by atoms with Gasteiger partial charge >= 0.3 is 0 Å². The molecule has 0 spiro atoms. The molecule has 0 aliphatic carbocycles. The van der Waals surface area contributed by atoms with E-state index in [-0.39, 0.29) is 28.4 Å². The van der Waals surface area contributed by atoms with Crippen LogP contribution in [-0.4, -0.2) is 36.1 Å². The van der Waals surface area contributed by atoms with Gasteiger partial charge in [0.2, 0.25) is 11.8 Å². The number of rotatable bonds is 9. The van der Waals surface area contributed by atoms with Crippen LogP contribution in [0.4, 0.5) is 0 Å². The van der Waals surface area contributed by atoms with Gasteiger partial charge in [-0.2, -0.15) is 11.3 Å². The number of hydrogen-bond donors (Lipinski definition) is 2. The van der Waals surface area contributed by atoms with Crippen LogP contribution in [0.15, 0.2) is 47.2 Å². The monoisotopic (exact) mass is 468 g/mol. The second kappa shape index (κ2) is 9.98. The summed E-state index contributed by atoms with van der Waals surface area (Å²) in [7, 11) is 0. The Bertz CT molecular complexity index is 944. The van der Waals surface area contributed by atoms with Crippen LogP contribution in [0, 0.1) is 0 Å². The van der Waals surface area contributed by atoms with Crippen molar-refractivity contribution in [3.05, 3.63) is 58.3 Å². The maximum absolute atomic E-state index is 12.8. The number of thiophene rings is 1. The van der Waals surface area contributed by atoms with Gasteiger partial charge in [0, 0.05) is 36.9 Å². The fourth-order valence-corrected chi connectivity index (χ4v) is 6.39. The highest BCUT2D eigenvalue weighted by molar-refractivity contribution is 7.07. The van der Waals surface area contributed by atoms with E-state index in [1.54, 1.807) is 11.3 Å². The van der Waals surface area contributed by atoms with Gasteiger partial charge in [-0.1, -0.05) is 30.3 Å². The predicted octanol–water partition coefficient (Wildman–Crippen LogP) is 4.75. The Morgan fingerprint density at radius 2 is 1.97 bits per heavy atom. The molecule has 2 aromatic rings. The molecule has 4 rings (SSSR count). The molecule has 178 valence electrons. The summed E-state index contributed by atoms with van der Waals surface area (Å²) in [6.45, 7) is 5.70. The van der Waals surface area contributed by atoms with Crippen LogP contribution in [0.5, 0.6) is 0 Å². The van der Waals surface area contributed by atoms with Gasteiger partial charge in [0.25, 0.3) is 0 Å². The molecule has 1 aromatic heterocycles. The zero-order chi connectivity index (χ0) is 23.4. The van der Waals surface area contributed by atoms with Crippen molar-refractivity contribution in [3.8, 4) is 0 Å². The Hall–Kier alpha value is -2.18. The quantitative estimate of drug-likeness (QED) is 0.558. The van der Waals surface area contributed by atoms with Crippen LogP contribution in [0.25, 0.3) is 0 Å². The van der Waals surface area contributed by atoms with Crippen molar-refractivity contribution in [1.82, 2.24) is 10.6 Å². The van der Waals surface area contributed by atoms with Gasteiger partial charge in [0.1, 0.15) is 0 Å². The van der Waals surface area contributed by atoms with Crippen LogP contribution >= 0.6 is 11.3 Å². The standard InChI is InChI=1S/C27H36N2O3S/c1-25(2)20-26(14-16-32-25,22-6-4-3-5-7-22)13-15-28-23(30)8-11-27(12-9-24(31)29-27)18-21-10-17-33-19-21/h3-7,10,17,19H,8-9,11-16,18,20H2,1-2H3,(H,28,30)(H,29,31)/t26-,27-/m0/s1. The topological polar surface area (TPSA) is 67.4 Å². The average molecular weight is 469 g/mol. The third-order valence-corrected chi connectivity index (χ3v) is 8.07. The summed E-state index contributed by atoms with van der Waals surface area (Å²) in [6.07, 6.45) is 6.03. The summed E-state index contributed by atoms with van der Waals surface area (Å²) in [5.74, 6) is 0.160. The van der Waals surface area contributed by atoms with E-state index < -0.39 is 0 Å². The van der Waals surface area contributed by atoms with Crippen molar-refractivity contribution in [2.24, 2.45) is 0 Å². The van der Waals surface area contributed by atoms with Crippen molar-refractivity contribution in [3.63, 3.8) is 0 Å². The molecule has 6 heteroatoms. The van der Waals surface area contributed by atoms with E-state index in [9.17, 15) is 9.59 Å². The molecule has 0 saturated carbocycles. The van der Waals surface area contributed by atoms with Crippen LogP contribution in [0.3, 0.4) is 0 Å². The molecular weight excluding hydrogens is 432 g/mol. The van der Waals surface area contributed by atoms with Gasteiger partial charge in [-0.25, -0.2) is 0 Å². The molecule has 2 aliphatic rings.